The number of rotatable bonds is 4. The maximum Gasteiger partial charge on any atom is 0.340 e. The van der Waals surface area contributed by atoms with Crippen molar-refractivity contribution in [1.82, 2.24) is 4.98 Å². The number of nitrogens with zero attached hydrogens (tertiary/aromatic N) is 1. The minimum absolute atomic E-state index is 0.273. The molecule has 0 amide bonds. The SMILES string of the molecule is O=C(COC(=O)c1cccnc1)c1ccc(F)cc1. The van der Waals surface area contributed by atoms with Gasteiger partial charge in [-0.2, -0.15) is 0 Å². The lowest BCUT2D eigenvalue weighted by Gasteiger charge is -2.04. The van der Waals surface area contributed by atoms with Crippen LogP contribution in [0, 0.1) is 5.82 Å². The average Bonchev–Trinajstić information content (AvgIpc) is 2.46. The third-order valence-corrected chi connectivity index (χ3v) is 2.40. The van der Waals surface area contributed by atoms with Crippen LogP contribution in [-0.2, 0) is 4.74 Å². The number of hydrogen-bond donors (Lipinski definition) is 0. The van der Waals surface area contributed by atoms with Crippen LogP contribution in [0.4, 0.5) is 4.39 Å². The summed E-state index contributed by atoms with van der Waals surface area (Å²) in [5.41, 5.74) is 0.565. The topological polar surface area (TPSA) is 56.3 Å². The van der Waals surface area contributed by atoms with Gasteiger partial charge >= 0.3 is 5.97 Å². The van der Waals surface area contributed by atoms with Crippen molar-refractivity contribution in [1.29, 1.82) is 0 Å². The summed E-state index contributed by atoms with van der Waals surface area (Å²) in [4.78, 5) is 27.0. The van der Waals surface area contributed by atoms with Crippen molar-refractivity contribution in [3.05, 3.63) is 65.7 Å². The summed E-state index contributed by atoms with van der Waals surface area (Å²) in [6, 6.07) is 8.17. The van der Waals surface area contributed by atoms with Crippen molar-refractivity contribution in [2.24, 2.45) is 0 Å². The second-order valence-electron chi connectivity index (χ2n) is 3.75. The first-order valence-electron chi connectivity index (χ1n) is 5.53. The summed E-state index contributed by atoms with van der Waals surface area (Å²) in [6.45, 7) is -0.390. The maximum atomic E-state index is 12.7. The fourth-order valence-electron chi connectivity index (χ4n) is 1.42. The van der Waals surface area contributed by atoms with Gasteiger partial charge in [-0.3, -0.25) is 9.78 Å². The van der Waals surface area contributed by atoms with Crippen LogP contribution >= 0.6 is 0 Å². The van der Waals surface area contributed by atoms with Crippen LogP contribution in [0.5, 0.6) is 0 Å². The molecule has 0 saturated carbocycles. The molecule has 0 N–H and O–H groups in total. The molecule has 0 saturated heterocycles. The highest BCUT2D eigenvalue weighted by molar-refractivity contribution is 5.99. The Labute approximate surface area is 108 Å². The summed E-state index contributed by atoms with van der Waals surface area (Å²) < 4.78 is 17.5. The molecule has 1 heterocycles. The molecule has 0 radical (unpaired) electrons. The molecule has 0 atom stereocenters. The number of ether oxygens (including phenoxy) is 1. The molecule has 0 aliphatic heterocycles. The smallest absolute Gasteiger partial charge is 0.340 e. The lowest BCUT2D eigenvalue weighted by atomic mass is 10.1. The molecule has 0 aliphatic rings. The summed E-state index contributed by atoms with van der Waals surface area (Å²) in [5, 5.41) is 0. The van der Waals surface area contributed by atoms with Crippen molar-refractivity contribution in [3.8, 4) is 0 Å². The quantitative estimate of drug-likeness (QED) is 0.624. The van der Waals surface area contributed by atoms with E-state index in [0.717, 1.165) is 0 Å². The van der Waals surface area contributed by atoms with Crippen molar-refractivity contribution < 1.29 is 18.7 Å². The van der Waals surface area contributed by atoms with Crippen LogP contribution < -0.4 is 0 Å². The molecule has 0 fully saturated rings. The zero-order valence-corrected chi connectivity index (χ0v) is 9.88. The fourth-order valence-corrected chi connectivity index (χ4v) is 1.42. The Kier molecular flexibility index (Phi) is 3.97. The molecule has 4 nitrogen and oxygen atoms in total. The molecular weight excluding hydrogens is 249 g/mol. The van der Waals surface area contributed by atoms with Gasteiger partial charge in [0.2, 0.25) is 0 Å². The summed E-state index contributed by atoms with van der Waals surface area (Å²) in [7, 11) is 0. The van der Waals surface area contributed by atoms with Crippen molar-refractivity contribution in [2.75, 3.05) is 6.61 Å². The van der Waals surface area contributed by atoms with E-state index in [4.69, 9.17) is 4.74 Å². The first kappa shape index (κ1) is 12.9. The van der Waals surface area contributed by atoms with Crippen molar-refractivity contribution >= 4 is 11.8 Å². The van der Waals surface area contributed by atoms with Gasteiger partial charge in [0, 0.05) is 18.0 Å². The highest BCUT2D eigenvalue weighted by Gasteiger charge is 2.11. The van der Waals surface area contributed by atoms with Crippen LogP contribution in [0.1, 0.15) is 20.7 Å². The zero-order chi connectivity index (χ0) is 13.7. The van der Waals surface area contributed by atoms with E-state index in [9.17, 15) is 14.0 Å². The Morgan fingerprint density at radius 1 is 1.11 bits per heavy atom. The monoisotopic (exact) mass is 259 g/mol. The molecule has 2 rings (SSSR count). The van der Waals surface area contributed by atoms with Gasteiger partial charge in [0.1, 0.15) is 5.82 Å². The summed E-state index contributed by atoms with van der Waals surface area (Å²) in [5.74, 6) is -1.44. The predicted octanol–water partition coefficient (Wildman–Crippen LogP) is 2.26. The van der Waals surface area contributed by atoms with Gasteiger partial charge in [0.15, 0.2) is 12.4 Å². The van der Waals surface area contributed by atoms with E-state index >= 15 is 0 Å². The molecule has 0 bridgehead atoms. The molecule has 5 heteroatoms. The highest BCUT2D eigenvalue weighted by atomic mass is 19.1. The summed E-state index contributed by atoms with van der Waals surface area (Å²) in [6.07, 6.45) is 2.88. The highest BCUT2D eigenvalue weighted by Crippen LogP contribution is 2.05. The number of pyridine rings is 1. The van der Waals surface area contributed by atoms with Crippen LogP contribution in [0.2, 0.25) is 0 Å². The van der Waals surface area contributed by atoms with Crippen LogP contribution in [-0.4, -0.2) is 23.3 Å². The van der Waals surface area contributed by atoms with Crippen LogP contribution in [0.15, 0.2) is 48.8 Å². The van der Waals surface area contributed by atoms with Crippen molar-refractivity contribution in [2.45, 2.75) is 0 Å². The van der Waals surface area contributed by atoms with E-state index < -0.39 is 17.6 Å². The Hall–Kier alpha value is -2.56. The number of benzene rings is 1. The zero-order valence-electron chi connectivity index (χ0n) is 9.88. The Balaban J connectivity index is 1.94. The van der Waals surface area contributed by atoms with Gasteiger partial charge in [-0.25, -0.2) is 9.18 Å². The molecule has 0 spiro atoms. The Morgan fingerprint density at radius 2 is 1.84 bits per heavy atom. The van der Waals surface area contributed by atoms with Crippen LogP contribution in [0.25, 0.3) is 0 Å². The van der Waals surface area contributed by atoms with E-state index in [1.807, 2.05) is 0 Å². The Morgan fingerprint density at radius 3 is 2.47 bits per heavy atom. The molecular formula is C14H10FNO3. The number of Topliss-reactive ketones (excluding diaryl/α,β-unsaturated/α-hetero) is 1. The lowest BCUT2D eigenvalue weighted by molar-refractivity contribution is 0.0474. The van der Waals surface area contributed by atoms with E-state index in [2.05, 4.69) is 4.98 Å². The summed E-state index contributed by atoms with van der Waals surface area (Å²) >= 11 is 0. The number of hydrogen-bond acceptors (Lipinski definition) is 4. The largest absolute Gasteiger partial charge is 0.454 e. The van der Waals surface area contributed by atoms with Gasteiger partial charge in [-0.1, -0.05) is 0 Å². The van der Waals surface area contributed by atoms with E-state index in [0.29, 0.717) is 5.56 Å². The number of aromatic nitrogens is 1. The molecule has 19 heavy (non-hydrogen) atoms. The minimum Gasteiger partial charge on any atom is -0.454 e. The number of carbonyl (C=O) groups excluding carboxylic acids is 2. The van der Waals surface area contributed by atoms with Gasteiger partial charge in [-0.05, 0) is 36.4 Å². The Bertz CT molecular complexity index is 581. The third-order valence-electron chi connectivity index (χ3n) is 2.40. The van der Waals surface area contributed by atoms with E-state index in [-0.39, 0.29) is 12.2 Å². The number of carbonyl (C=O) groups is 2. The first-order chi connectivity index (χ1) is 9.16. The normalized spacial score (nSPS) is 9.95. The van der Waals surface area contributed by atoms with Crippen LogP contribution in [0.3, 0.4) is 0 Å². The maximum absolute atomic E-state index is 12.7. The lowest BCUT2D eigenvalue weighted by Crippen LogP contribution is -2.14. The fraction of sp³-hybridized carbons (Fsp3) is 0.0714. The number of halogens is 1. The second-order valence-corrected chi connectivity index (χ2v) is 3.75. The van der Waals surface area contributed by atoms with Crippen molar-refractivity contribution in [3.63, 3.8) is 0 Å². The van der Waals surface area contributed by atoms with Gasteiger partial charge < -0.3 is 4.74 Å². The molecule has 1 aromatic heterocycles. The van der Waals surface area contributed by atoms with Gasteiger partial charge in [0.05, 0.1) is 5.56 Å². The minimum atomic E-state index is -0.622. The number of ketones is 1. The second kappa shape index (κ2) is 5.86. The molecule has 2 aromatic rings. The molecule has 1 aromatic carbocycles. The van der Waals surface area contributed by atoms with E-state index in [1.165, 1.54) is 42.7 Å². The standard InChI is InChI=1S/C14H10FNO3/c15-12-5-3-10(4-6-12)13(17)9-19-14(18)11-2-1-7-16-8-11/h1-8H,9H2. The molecule has 96 valence electrons. The van der Waals surface area contributed by atoms with E-state index in [1.54, 1.807) is 6.07 Å². The molecule has 0 unspecified atom stereocenters. The molecule has 0 aliphatic carbocycles. The average molecular weight is 259 g/mol. The number of esters is 1. The van der Waals surface area contributed by atoms with Gasteiger partial charge in [-0.15, -0.1) is 0 Å². The predicted molar refractivity (Wildman–Crippen MR) is 65.3 cm³/mol. The third kappa shape index (κ3) is 3.45. The first-order valence-corrected chi connectivity index (χ1v) is 5.53. The van der Waals surface area contributed by atoms with Gasteiger partial charge in [0.25, 0.3) is 0 Å².